The summed E-state index contributed by atoms with van der Waals surface area (Å²) >= 11 is 0. The maximum atomic E-state index is 13.0. The van der Waals surface area contributed by atoms with Crippen LogP contribution in [0.15, 0.2) is 30.6 Å². The van der Waals surface area contributed by atoms with Gasteiger partial charge in [-0.15, -0.1) is 0 Å². The summed E-state index contributed by atoms with van der Waals surface area (Å²) in [7, 11) is 0. The van der Waals surface area contributed by atoms with Crippen LogP contribution in [0.1, 0.15) is 11.3 Å². The normalized spacial score (nSPS) is 11.6. The van der Waals surface area contributed by atoms with Crippen molar-refractivity contribution in [2.24, 2.45) is 0 Å². The lowest BCUT2D eigenvalue weighted by Gasteiger charge is -2.06. The highest BCUT2D eigenvalue weighted by Gasteiger charge is 2.32. The van der Waals surface area contributed by atoms with E-state index in [2.05, 4.69) is 9.97 Å². The van der Waals surface area contributed by atoms with E-state index >= 15 is 0 Å². The first-order valence-corrected chi connectivity index (χ1v) is 5.03. The standard InChI is InChI=1S/C12H8F4N2/c1-7-4-10(17-6-9(7)13)8-2-3-11(18-5-8)12(14,15)16/h2-6H,1H3. The molecule has 2 aromatic rings. The lowest BCUT2D eigenvalue weighted by atomic mass is 10.1. The van der Waals surface area contributed by atoms with Crippen molar-refractivity contribution in [1.82, 2.24) is 9.97 Å². The molecule has 0 N–H and O–H groups in total. The lowest BCUT2D eigenvalue weighted by molar-refractivity contribution is -0.141. The first kappa shape index (κ1) is 12.5. The Morgan fingerprint density at radius 1 is 1.06 bits per heavy atom. The molecule has 2 aromatic heterocycles. The van der Waals surface area contributed by atoms with Crippen molar-refractivity contribution in [1.29, 1.82) is 0 Å². The minimum Gasteiger partial charge on any atom is -0.253 e. The van der Waals surface area contributed by atoms with Crippen LogP contribution in [0.25, 0.3) is 11.3 Å². The van der Waals surface area contributed by atoms with Gasteiger partial charge >= 0.3 is 6.18 Å². The Balaban J connectivity index is 2.37. The number of aryl methyl sites for hydroxylation is 1. The maximum absolute atomic E-state index is 13.0. The highest BCUT2D eigenvalue weighted by molar-refractivity contribution is 5.58. The molecule has 18 heavy (non-hydrogen) atoms. The minimum atomic E-state index is -4.47. The molecule has 2 nitrogen and oxygen atoms in total. The molecule has 0 spiro atoms. The van der Waals surface area contributed by atoms with Crippen LogP contribution in [0.3, 0.4) is 0 Å². The Kier molecular flexibility index (Phi) is 3.02. The van der Waals surface area contributed by atoms with Gasteiger partial charge in [-0.3, -0.25) is 9.97 Å². The first-order valence-electron chi connectivity index (χ1n) is 5.03. The Labute approximate surface area is 100 Å². The van der Waals surface area contributed by atoms with Crippen LogP contribution in [-0.2, 0) is 6.18 Å². The lowest BCUT2D eigenvalue weighted by Crippen LogP contribution is -2.07. The van der Waals surface area contributed by atoms with Crippen LogP contribution in [0.4, 0.5) is 17.6 Å². The largest absolute Gasteiger partial charge is 0.433 e. The Morgan fingerprint density at radius 2 is 1.78 bits per heavy atom. The summed E-state index contributed by atoms with van der Waals surface area (Å²) in [5, 5.41) is 0. The van der Waals surface area contributed by atoms with Gasteiger partial charge in [-0.25, -0.2) is 4.39 Å². The van der Waals surface area contributed by atoms with Crippen molar-refractivity contribution in [2.75, 3.05) is 0 Å². The zero-order chi connectivity index (χ0) is 13.3. The number of alkyl halides is 3. The van der Waals surface area contributed by atoms with E-state index in [0.717, 1.165) is 18.5 Å². The molecule has 0 aliphatic carbocycles. The fraction of sp³-hybridized carbons (Fsp3) is 0.167. The summed E-state index contributed by atoms with van der Waals surface area (Å²) in [6, 6.07) is 3.59. The van der Waals surface area contributed by atoms with Crippen molar-refractivity contribution >= 4 is 0 Å². The van der Waals surface area contributed by atoms with Crippen LogP contribution in [0.5, 0.6) is 0 Å². The fourth-order valence-electron chi connectivity index (χ4n) is 1.41. The molecule has 0 aliphatic heterocycles. The average molecular weight is 256 g/mol. The molecule has 0 aromatic carbocycles. The van der Waals surface area contributed by atoms with Gasteiger partial charge in [0.25, 0.3) is 0 Å². The van der Waals surface area contributed by atoms with Gasteiger partial charge in [0.1, 0.15) is 11.5 Å². The second-order valence-corrected chi connectivity index (χ2v) is 3.75. The van der Waals surface area contributed by atoms with Crippen LogP contribution >= 0.6 is 0 Å². The van der Waals surface area contributed by atoms with E-state index < -0.39 is 17.7 Å². The van der Waals surface area contributed by atoms with Crippen molar-refractivity contribution in [3.8, 4) is 11.3 Å². The number of hydrogen-bond acceptors (Lipinski definition) is 2. The van der Waals surface area contributed by atoms with Crippen molar-refractivity contribution in [2.45, 2.75) is 13.1 Å². The van der Waals surface area contributed by atoms with Gasteiger partial charge in [0.2, 0.25) is 0 Å². The summed E-state index contributed by atoms with van der Waals surface area (Å²) in [6.07, 6.45) is -2.37. The zero-order valence-corrected chi connectivity index (χ0v) is 9.29. The van der Waals surface area contributed by atoms with Crippen molar-refractivity contribution in [3.05, 3.63) is 47.7 Å². The Morgan fingerprint density at radius 3 is 2.28 bits per heavy atom. The third-order valence-corrected chi connectivity index (χ3v) is 2.40. The summed E-state index contributed by atoms with van der Waals surface area (Å²) in [6.45, 7) is 1.55. The third kappa shape index (κ3) is 2.47. The Bertz CT molecular complexity index is 561. The molecular weight excluding hydrogens is 248 g/mol. The first-order chi connectivity index (χ1) is 8.38. The molecule has 0 aliphatic rings. The van der Waals surface area contributed by atoms with Gasteiger partial charge < -0.3 is 0 Å². The summed E-state index contributed by atoms with van der Waals surface area (Å²) in [5.74, 6) is -0.460. The number of pyridine rings is 2. The number of nitrogens with zero attached hydrogens (tertiary/aromatic N) is 2. The van der Waals surface area contributed by atoms with Gasteiger partial charge in [-0.1, -0.05) is 0 Å². The van der Waals surface area contributed by atoms with Gasteiger partial charge in [0.15, 0.2) is 0 Å². The molecule has 0 bridgehead atoms. The van der Waals surface area contributed by atoms with Gasteiger partial charge in [-0.2, -0.15) is 13.2 Å². The highest BCUT2D eigenvalue weighted by atomic mass is 19.4. The molecule has 94 valence electrons. The van der Waals surface area contributed by atoms with Gasteiger partial charge in [0, 0.05) is 11.8 Å². The van der Waals surface area contributed by atoms with E-state index in [4.69, 9.17) is 0 Å². The molecule has 0 radical (unpaired) electrons. The zero-order valence-electron chi connectivity index (χ0n) is 9.29. The van der Waals surface area contributed by atoms with E-state index in [9.17, 15) is 17.6 Å². The molecule has 6 heteroatoms. The number of aromatic nitrogens is 2. The predicted octanol–water partition coefficient (Wildman–Crippen LogP) is 3.61. The fourth-order valence-corrected chi connectivity index (χ4v) is 1.41. The number of rotatable bonds is 1. The molecule has 0 unspecified atom stereocenters. The smallest absolute Gasteiger partial charge is 0.253 e. The van der Waals surface area contributed by atoms with Crippen molar-refractivity contribution in [3.63, 3.8) is 0 Å². The molecule has 0 saturated carbocycles. The average Bonchev–Trinajstić information content (AvgIpc) is 2.32. The minimum absolute atomic E-state index is 0.375. The molecule has 2 heterocycles. The van der Waals surface area contributed by atoms with E-state index in [1.54, 1.807) is 6.92 Å². The van der Waals surface area contributed by atoms with E-state index in [1.165, 1.54) is 12.1 Å². The van der Waals surface area contributed by atoms with Crippen LogP contribution in [0, 0.1) is 12.7 Å². The second kappa shape index (κ2) is 4.36. The highest BCUT2D eigenvalue weighted by Crippen LogP contribution is 2.28. The predicted molar refractivity (Wildman–Crippen MR) is 57.2 cm³/mol. The third-order valence-electron chi connectivity index (χ3n) is 2.40. The number of hydrogen-bond donors (Lipinski definition) is 0. The van der Waals surface area contributed by atoms with Gasteiger partial charge in [-0.05, 0) is 30.7 Å². The summed E-state index contributed by atoms with van der Waals surface area (Å²) in [4.78, 5) is 7.12. The van der Waals surface area contributed by atoms with E-state index in [-0.39, 0.29) is 0 Å². The molecule has 0 saturated heterocycles. The second-order valence-electron chi connectivity index (χ2n) is 3.75. The maximum Gasteiger partial charge on any atom is 0.433 e. The van der Waals surface area contributed by atoms with Crippen LogP contribution < -0.4 is 0 Å². The molecule has 2 rings (SSSR count). The SMILES string of the molecule is Cc1cc(-c2ccc(C(F)(F)F)nc2)ncc1F. The summed E-state index contributed by atoms with van der Waals surface area (Å²) in [5.41, 5.74) is 0.200. The van der Waals surface area contributed by atoms with Crippen LogP contribution in [0.2, 0.25) is 0 Å². The number of halogens is 4. The molecular formula is C12H8F4N2. The quantitative estimate of drug-likeness (QED) is 0.728. The van der Waals surface area contributed by atoms with E-state index in [1.807, 2.05) is 0 Å². The topological polar surface area (TPSA) is 25.8 Å². The summed E-state index contributed by atoms with van der Waals surface area (Å²) < 4.78 is 49.9. The Hall–Kier alpha value is -1.98. The van der Waals surface area contributed by atoms with Crippen molar-refractivity contribution < 1.29 is 17.6 Å². The van der Waals surface area contributed by atoms with Gasteiger partial charge in [0.05, 0.1) is 11.9 Å². The van der Waals surface area contributed by atoms with E-state index in [0.29, 0.717) is 16.8 Å². The molecule has 0 atom stereocenters. The monoisotopic (exact) mass is 256 g/mol. The van der Waals surface area contributed by atoms with Crippen LogP contribution in [-0.4, -0.2) is 9.97 Å². The molecule has 0 fully saturated rings. The molecule has 0 amide bonds.